The van der Waals surface area contributed by atoms with Gasteiger partial charge in [0, 0.05) is 43.3 Å². The number of hydrogen-bond donors (Lipinski definition) is 0. The van der Waals surface area contributed by atoms with Crippen molar-refractivity contribution in [3.8, 4) is 0 Å². The summed E-state index contributed by atoms with van der Waals surface area (Å²) in [5.74, 6) is 0. The molecule has 3 aliphatic rings. The van der Waals surface area contributed by atoms with E-state index in [1.807, 2.05) is 11.3 Å². The first kappa shape index (κ1) is 26.2. The van der Waals surface area contributed by atoms with Crippen LogP contribution in [0.4, 0.5) is 34.1 Å². The number of rotatable bonds is 2. The minimum Gasteiger partial charge on any atom is -0.311 e. The number of benzene rings is 5. The Morgan fingerprint density at radius 1 is 0.591 bits per heavy atom. The molecule has 44 heavy (non-hydrogen) atoms. The quantitative estimate of drug-likeness (QED) is 0.186. The topological polar surface area (TPSA) is 6.48 Å². The summed E-state index contributed by atoms with van der Waals surface area (Å²) in [4.78, 5) is 5.03. The molecule has 0 atom stereocenters. The predicted molar refractivity (Wildman–Crippen MR) is 191 cm³/mol. The Hall–Kier alpha value is -4.28. The van der Waals surface area contributed by atoms with Gasteiger partial charge >= 0.3 is 0 Å². The van der Waals surface area contributed by atoms with Crippen molar-refractivity contribution in [2.75, 3.05) is 9.80 Å². The van der Waals surface area contributed by atoms with Crippen molar-refractivity contribution in [3.63, 3.8) is 0 Å². The number of fused-ring (bicyclic) bond motifs is 7. The van der Waals surface area contributed by atoms with Gasteiger partial charge in [0.25, 0.3) is 6.71 Å². The van der Waals surface area contributed by atoms with E-state index in [0.29, 0.717) is 0 Å². The Bertz CT molecular complexity index is 2090. The second-order valence-electron chi connectivity index (χ2n) is 14.0. The second-order valence-corrected chi connectivity index (χ2v) is 15.1. The van der Waals surface area contributed by atoms with Crippen molar-refractivity contribution < 1.29 is 0 Å². The summed E-state index contributed by atoms with van der Waals surface area (Å²) in [7, 11) is 0. The highest BCUT2D eigenvalue weighted by atomic mass is 32.1. The van der Waals surface area contributed by atoms with Crippen LogP contribution in [0.5, 0.6) is 0 Å². The zero-order chi connectivity index (χ0) is 29.8. The van der Waals surface area contributed by atoms with Gasteiger partial charge in [-0.3, -0.25) is 0 Å². The molecule has 2 nitrogen and oxygen atoms in total. The highest BCUT2D eigenvalue weighted by Crippen LogP contribution is 2.52. The third-order valence-electron chi connectivity index (χ3n) is 10.5. The number of anilines is 6. The van der Waals surface area contributed by atoms with Gasteiger partial charge in [-0.25, -0.2) is 0 Å². The molecule has 3 heterocycles. The molecule has 0 unspecified atom stereocenters. The van der Waals surface area contributed by atoms with Gasteiger partial charge in [0.2, 0.25) is 0 Å². The largest absolute Gasteiger partial charge is 0.311 e. The maximum Gasteiger partial charge on any atom is 0.264 e. The molecule has 0 radical (unpaired) electrons. The maximum absolute atomic E-state index is 2.58. The number of hydrogen-bond acceptors (Lipinski definition) is 3. The number of nitrogens with zero attached hydrogens (tertiary/aromatic N) is 2. The summed E-state index contributed by atoms with van der Waals surface area (Å²) in [6, 6.07) is 43.0. The Kier molecular flexibility index (Phi) is 5.42. The first-order valence-corrected chi connectivity index (χ1v) is 16.7. The van der Waals surface area contributed by atoms with Crippen molar-refractivity contribution in [1.29, 1.82) is 0 Å². The first-order chi connectivity index (χ1) is 21.3. The molecule has 0 fully saturated rings. The molecule has 5 aromatic carbocycles. The fourth-order valence-electron chi connectivity index (χ4n) is 8.13. The van der Waals surface area contributed by atoms with Crippen LogP contribution in [0.1, 0.15) is 51.7 Å². The number of para-hydroxylation sites is 3. The van der Waals surface area contributed by atoms with Crippen LogP contribution >= 0.6 is 11.3 Å². The lowest BCUT2D eigenvalue weighted by Crippen LogP contribution is -2.60. The van der Waals surface area contributed by atoms with E-state index >= 15 is 0 Å². The van der Waals surface area contributed by atoms with Gasteiger partial charge in [-0.15, -0.1) is 11.3 Å². The van der Waals surface area contributed by atoms with Crippen LogP contribution in [-0.4, -0.2) is 6.71 Å². The molecule has 0 bridgehead atoms. The normalized spacial score (nSPS) is 17.1. The zero-order valence-electron chi connectivity index (χ0n) is 25.8. The molecule has 0 N–H and O–H groups in total. The van der Waals surface area contributed by atoms with Gasteiger partial charge in [-0.05, 0) is 100 Å². The van der Waals surface area contributed by atoms with E-state index in [1.54, 1.807) is 0 Å². The predicted octanol–water partition coefficient (Wildman–Crippen LogP) is 9.33. The molecule has 0 amide bonds. The SMILES string of the molecule is CC1(C)CCC(C)(C)c2cc3c4c(sc3cc21)B1c2ccccc2N(c2ccccc2)c2cccc(c21)N4c1ccccc1. The van der Waals surface area contributed by atoms with E-state index in [9.17, 15) is 0 Å². The highest BCUT2D eigenvalue weighted by molar-refractivity contribution is 7.33. The molecular formula is C40H35BN2S. The smallest absolute Gasteiger partial charge is 0.264 e. The summed E-state index contributed by atoms with van der Waals surface area (Å²) < 4.78 is 2.85. The van der Waals surface area contributed by atoms with Gasteiger partial charge in [0.1, 0.15) is 0 Å². The van der Waals surface area contributed by atoms with Crippen LogP contribution in [0.25, 0.3) is 10.1 Å². The third-order valence-corrected chi connectivity index (χ3v) is 11.7. The van der Waals surface area contributed by atoms with Crippen LogP contribution in [0.15, 0.2) is 115 Å². The van der Waals surface area contributed by atoms with Crippen molar-refractivity contribution in [1.82, 2.24) is 0 Å². The summed E-state index contributed by atoms with van der Waals surface area (Å²) in [5, 5.41) is 1.39. The van der Waals surface area contributed by atoms with Crippen LogP contribution in [0.3, 0.4) is 0 Å². The van der Waals surface area contributed by atoms with Gasteiger partial charge in [0.05, 0.1) is 5.69 Å². The molecule has 0 spiro atoms. The average Bonchev–Trinajstić information content (AvgIpc) is 3.42. The lowest BCUT2D eigenvalue weighted by Gasteiger charge is -2.43. The van der Waals surface area contributed by atoms with Crippen molar-refractivity contribution >= 4 is 78.0 Å². The van der Waals surface area contributed by atoms with Crippen LogP contribution < -0.4 is 25.5 Å². The molecule has 214 valence electrons. The lowest BCUT2D eigenvalue weighted by atomic mass is 9.36. The lowest BCUT2D eigenvalue weighted by molar-refractivity contribution is 0.332. The van der Waals surface area contributed by atoms with Crippen molar-refractivity contribution in [3.05, 3.63) is 126 Å². The average molecular weight is 587 g/mol. The third kappa shape index (κ3) is 3.55. The van der Waals surface area contributed by atoms with E-state index in [-0.39, 0.29) is 17.5 Å². The molecule has 6 aromatic rings. The molecular weight excluding hydrogens is 551 g/mol. The number of thiophene rings is 1. The summed E-state index contributed by atoms with van der Waals surface area (Å²) in [6.45, 7) is 9.93. The van der Waals surface area contributed by atoms with Crippen LogP contribution in [0.2, 0.25) is 0 Å². The zero-order valence-corrected chi connectivity index (χ0v) is 26.6. The fourth-order valence-corrected chi connectivity index (χ4v) is 9.47. The van der Waals surface area contributed by atoms with E-state index in [2.05, 4.69) is 153 Å². The van der Waals surface area contributed by atoms with Crippen LogP contribution in [0, 0.1) is 0 Å². The van der Waals surface area contributed by atoms with Crippen LogP contribution in [-0.2, 0) is 10.8 Å². The second kappa shape index (κ2) is 9.12. The fraction of sp³-hybridized carbons (Fsp3) is 0.200. The van der Waals surface area contributed by atoms with E-state index in [4.69, 9.17) is 0 Å². The Labute approximate surface area is 264 Å². The molecule has 1 aliphatic carbocycles. The van der Waals surface area contributed by atoms with Gasteiger partial charge in [0.15, 0.2) is 0 Å². The first-order valence-electron chi connectivity index (χ1n) is 15.9. The highest BCUT2D eigenvalue weighted by Gasteiger charge is 2.46. The maximum atomic E-state index is 2.58. The molecule has 2 aliphatic heterocycles. The van der Waals surface area contributed by atoms with Gasteiger partial charge in [-0.2, -0.15) is 0 Å². The van der Waals surface area contributed by atoms with Crippen molar-refractivity contribution in [2.45, 2.75) is 51.4 Å². The van der Waals surface area contributed by atoms with E-state index in [0.717, 1.165) is 0 Å². The van der Waals surface area contributed by atoms with Gasteiger partial charge < -0.3 is 9.80 Å². The molecule has 4 heteroatoms. The molecule has 0 saturated carbocycles. The van der Waals surface area contributed by atoms with E-state index < -0.39 is 0 Å². The molecule has 0 saturated heterocycles. The Balaban J connectivity index is 1.40. The summed E-state index contributed by atoms with van der Waals surface area (Å²) in [5.41, 5.74) is 13.7. The van der Waals surface area contributed by atoms with Gasteiger partial charge in [-0.1, -0.05) is 88.4 Å². The Morgan fingerprint density at radius 3 is 1.82 bits per heavy atom. The monoisotopic (exact) mass is 586 g/mol. The Morgan fingerprint density at radius 2 is 1.14 bits per heavy atom. The summed E-state index contributed by atoms with van der Waals surface area (Å²) in [6.07, 6.45) is 2.44. The standard InChI is InChI=1S/C40H35BN2S/c1-39(2)22-23-40(3,4)30-25-35-28(24-29(30)39)37-38(44-35)41-31-18-11-12-19-32(31)42(26-14-7-5-8-15-26)33-20-13-21-34(36(33)41)43(37)27-16-9-6-10-17-27/h5-21,24-25H,22-23H2,1-4H3. The minimum atomic E-state index is 0.152. The molecule has 9 rings (SSSR count). The van der Waals surface area contributed by atoms with E-state index in [1.165, 1.54) is 83.9 Å². The van der Waals surface area contributed by atoms with Crippen molar-refractivity contribution in [2.24, 2.45) is 0 Å². The minimum absolute atomic E-state index is 0.152. The molecule has 1 aromatic heterocycles. The summed E-state index contributed by atoms with van der Waals surface area (Å²) >= 11 is 2.01.